The second kappa shape index (κ2) is 6.90. The van der Waals surface area contributed by atoms with Gasteiger partial charge in [-0.1, -0.05) is 0 Å². The van der Waals surface area contributed by atoms with Gasteiger partial charge in [-0.3, -0.25) is 5.32 Å². The topological polar surface area (TPSA) is 76.9 Å². The van der Waals surface area contributed by atoms with Gasteiger partial charge < -0.3 is 10.2 Å². The Hall–Kier alpha value is -1.87. The summed E-state index contributed by atoms with van der Waals surface area (Å²) in [6, 6.07) is 1.75. The third-order valence-electron chi connectivity index (χ3n) is 3.55. The van der Waals surface area contributed by atoms with E-state index in [1.807, 2.05) is 6.19 Å². The zero-order valence-corrected chi connectivity index (χ0v) is 11.3. The van der Waals surface area contributed by atoms with Crippen LogP contribution in [0.1, 0.15) is 19.3 Å². The van der Waals surface area contributed by atoms with Crippen molar-refractivity contribution in [2.24, 2.45) is 5.92 Å². The second-order valence-corrected chi connectivity index (χ2v) is 4.99. The van der Waals surface area contributed by atoms with Crippen molar-refractivity contribution in [3.8, 4) is 6.19 Å². The Labute approximate surface area is 113 Å². The van der Waals surface area contributed by atoms with Gasteiger partial charge in [0.15, 0.2) is 6.19 Å². The maximum Gasteiger partial charge on any atom is 0.182 e. The van der Waals surface area contributed by atoms with Crippen LogP contribution in [0.2, 0.25) is 0 Å². The van der Waals surface area contributed by atoms with E-state index in [-0.39, 0.29) is 0 Å². The van der Waals surface area contributed by atoms with Gasteiger partial charge in [0.1, 0.15) is 18.0 Å². The molecule has 0 amide bonds. The number of aromatic nitrogens is 2. The van der Waals surface area contributed by atoms with E-state index in [0.717, 1.165) is 18.3 Å². The average Bonchev–Trinajstić information content (AvgIpc) is 2.42. The van der Waals surface area contributed by atoms with Crippen LogP contribution in [0.15, 0.2) is 12.4 Å². The van der Waals surface area contributed by atoms with Gasteiger partial charge >= 0.3 is 0 Å². The van der Waals surface area contributed by atoms with Crippen molar-refractivity contribution in [3.63, 3.8) is 0 Å². The molecule has 0 radical (unpaired) electrons. The van der Waals surface area contributed by atoms with Crippen LogP contribution < -0.4 is 10.6 Å². The number of nitrogens with zero attached hydrogens (tertiary/aromatic N) is 4. The van der Waals surface area contributed by atoms with Crippen molar-refractivity contribution in [1.82, 2.24) is 14.9 Å². The maximum absolute atomic E-state index is 8.53. The zero-order valence-electron chi connectivity index (χ0n) is 11.3. The lowest BCUT2D eigenvalue weighted by Gasteiger charge is -2.28. The lowest BCUT2D eigenvalue weighted by molar-refractivity contribution is 0.215. The summed E-state index contributed by atoms with van der Waals surface area (Å²) in [5, 5.41) is 14.3. The second-order valence-electron chi connectivity index (χ2n) is 4.99. The van der Waals surface area contributed by atoms with E-state index in [1.54, 1.807) is 6.07 Å². The molecule has 1 aromatic heterocycles. The third-order valence-corrected chi connectivity index (χ3v) is 3.55. The minimum absolute atomic E-state index is 0.527. The van der Waals surface area contributed by atoms with Gasteiger partial charge in [-0.25, -0.2) is 9.97 Å². The van der Waals surface area contributed by atoms with Crippen molar-refractivity contribution in [2.45, 2.75) is 19.3 Å². The van der Waals surface area contributed by atoms with Crippen molar-refractivity contribution in [1.29, 1.82) is 5.26 Å². The summed E-state index contributed by atoms with van der Waals surface area (Å²) >= 11 is 0. The normalized spacial score (nSPS) is 16.8. The van der Waals surface area contributed by atoms with Crippen LogP contribution in [-0.2, 0) is 0 Å². The molecule has 1 saturated heterocycles. The minimum atomic E-state index is 0.527. The first-order chi connectivity index (χ1) is 9.28. The van der Waals surface area contributed by atoms with Gasteiger partial charge in [-0.15, -0.1) is 0 Å². The molecule has 0 unspecified atom stereocenters. The molecule has 102 valence electrons. The maximum atomic E-state index is 8.53. The largest absolute Gasteiger partial charge is 0.370 e. The summed E-state index contributed by atoms with van der Waals surface area (Å²) in [7, 11) is 2.18. The average molecular weight is 260 g/mol. The molecule has 1 aliphatic rings. The molecule has 0 aliphatic carbocycles. The van der Waals surface area contributed by atoms with E-state index < -0.39 is 0 Å². The fourth-order valence-corrected chi connectivity index (χ4v) is 2.33. The number of nitriles is 1. The first-order valence-corrected chi connectivity index (χ1v) is 6.67. The summed E-state index contributed by atoms with van der Waals surface area (Å²) in [6.45, 7) is 3.32. The quantitative estimate of drug-likeness (QED) is 0.617. The molecule has 2 N–H and O–H groups in total. The van der Waals surface area contributed by atoms with Crippen molar-refractivity contribution < 1.29 is 0 Å². The molecular weight excluding hydrogens is 240 g/mol. The fraction of sp³-hybridized carbons (Fsp3) is 0.615. The lowest BCUT2D eigenvalue weighted by Crippen LogP contribution is -2.30. The van der Waals surface area contributed by atoms with Crippen LogP contribution in [0.25, 0.3) is 0 Å². The minimum Gasteiger partial charge on any atom is -0.370 e. The standard InChI is InChI=1S/C13H20N6/c1-19-6-3-11(4-7-19)2-5-15-12-8-13(16-9-14)18-10-17-12/h8,10-11H,2-7H2,1H3,(H2,15,16,17,18). The number of rotatable bonds is 5. The molecule has 6 heteroatoms. The first-order valence-electron chi connectivity index (χ1n) is 6.67. The molecule has 1 fully saturated rings. The molecule has 2 heterocycles. The van der Waals surface area contributed by atoms with Crippen molar-refractivity contribution >= 4 is 11.6 Å². The lowest BCUT2D eigenvalue weighted by atomic mass is 9.94. The Balaban J connectivity index is 1.73. The van der Waals surface area contributed by atoms with Crippen LogP contribution in [-0.4, -0.2) is 41.5 Å². The summed E-state index contributed by atoms with van der Waals surface area (Å²) in [5.41, 5.74) is 0. The van der Waals surface area contributed by atoms with E-state index in [0.29, 0.717) is 5.82 Å². The SMILES string of the molecule is CN1CCC(CCNc2cc(NC#N)ncn2)CC1. The van der Waals surface area contributed by atoms with Gasteiger partial charge in [0.2, 0.25) is 0 Å². The Morgan fingerprint density at radius 1 is 1.37 bits per heavy atom. The Kier molecular flexibility index (Phi) is 4.93. The van der Waals surface area contributed by atoms with E-state index >= 15 is 0 Å². The Bertz CT molecular complexity index is 433. The number of nitrogens with one attached hydrogen (secondary N) is 2. The molecule has 2 rings (SSSR count). The molecule has 1 aromatic rings. The van der Waals surface area contributed by atoms with Crippen LogP contribution in [0.5, 0.6) is 0 Å². The predicted octanol–water partition coefficient (Wildman–Crippen LogP) is 1.51. The van der Waals surface area contributed by atoms with Gasteiger partial charge in [-0.2, -0.15) is 5.26 Å². The molecule has 0 spiro atoms. The number of likely N-dealkylation sites (tertiary alicyclic amines) is 1. The Morgan fingerprint density at radius 2 is 2.11 bits per heavy atom. The van der Waals surface area contributed by atoms with Crippen LogP contribution in [0.3, 0.4) is 0 Å². The third kappa shape index (κ3) is 4.38. The molecular formula is C13H20N6. The van der Waals surface area contributed by atoms with Gasteiger partial charge in [0, 0.05) is 12.6 Å². The van der Waals surface area contributed by atoms with E-state index in [2.05, 4.69) is 32.5 Å². The monoisotopic (exact) mass is 260 g/mol. The summed E-state index contributed by atoms with van der Waals surface area (Å²) in [6.07, 6.45) is 7.03. The van der Waals surface area contributed by atoms with Crippen molar-refractivity contribution in [2.75, 3.05) is 37.3 Å². The highest BCUT2D eigenvalue weighted by Gasteiger charge is 2.15. The first kappa shape index (κ1) is 13.6. The number of hydrogen-bond acceptors (Lipinski definition) is 6. The van der Waals surface area contributed by atoms with Gasteiger partial charge in [-0.05, 0) is 45.3 Å². The highest BCUT2D eigenvalue weighted by Crippen LogP contribution is 2.19. The van der Waals surface area contributed by atoms with Gasteiger partial charge in [0.25, 0.3) is 0 Å². The molecule has 6 nitrogen and oxygen atoms in total. The predicted molar refractivity (Wildman–Crippen MR) is 74.6 cm³/mol. The highest BCUT2D eigenvalue weighted by atomic mass is 15.1. The van der Waals surface area contributed by atoms with E-state index in [4.69, 9.17) is 5.26 Å². The van der Waals surface area contributed by atoms with Crippen molar-refractivity contribution in [3.05, 3.63) is 12.4 Å². The number of anilines is 2. The number of piperidine rings is 1. The summed E-state index contributed by atoms with van der Waals surface area (Å²) < 4.78 is 0. The Morgan fingerprint density at radius 3 is 2.84 bits per heavy atom. The molecule has 0 atom stereocenters. The molecule has 0 aromatic carbocycles. The van der Waals surface area contributed by atoms with E-state index in [9.17, 15) is 0 Å². The summed E-state index contributed by atoms with van der Waals surface area (Å²) in [4.78, 5) is 10.5. The van der Waals surface area contributed by atoms with Crippen LogP contribution in [0, 0.1) is 17.4 Å². The van der Waals surface area contributed by atoms with Gasteiger partial charge in [0.05, 0.1) is 0 Å². The van der Waals surface area contributed by atoms with Crippen LogP contribution in [0.4, 0.5) is 11.6 Å². The number of hydrogen-bond donors (Lipinski definition) is 2. The molecule has 0 saturated carbocycles. The smallest absolute Gasteiger partial charge is 0.182 e. The fourth-order valence-electron chi connectivity index (χ4n) is 2.33. The summed E-state index contributed by atoms with van der Waals surface area (Å²) in [5.74, 6) is 2.10. The highest BCUT2D eigenvalue weighted by molar-refractivity contribution is 5.48. The van der Waals surface area contributed by atoms with Crippen LogP contribution >= 0.6 is 0 Å². The van der Waals surface area contributed by atoms with E-state index in [1.165, 1.54) is 38.7 Å². The molecule has 19 heavy (non-hydrogen) atoms. The molecule has 0 bridgehead atoms. The zero-order chi connectivity index (χ0) is 13.5. The molecule has 1 aliphatic heterocycles.